The van der Waals surface area contributed by atoms with Crippen molar-refractivity contribution in [3.63, 3.8) is 0 Å². The summed E-state index contributed by atoms with van der Waals surface area (Å²) in [6.45, 7) is 8.28. The molecule has 1 unspecified atom stereocenters. The van der Waals surface area contributed by atoms with Crippen molar-refractivity contribution in [2.24, 2.45) is 0 Å². The number of carbonyl (C=O) groups excluding carboxylic acids is 1. The highest BCUT2D eigenvalue weighted by atomic mass is 32.2. The molecule has 2 aromatic carbocycles. The third-order valence-electron chi connectivity index (χ3n) is 5.05. The minimum absolute atomic E-state index is 0.0358. The second kappa shape index (κ2) is 10.0. The van der Waals surface area contributed by atoms with Gasteiger partial charge in [-0.05, 0) is 63.9 Å². The van der Waals surface area contributed by atoms with Crippen LogP contribution in [0.25, 0.3) is 0 Å². The van der Waals surface area contributed by atoms with E-state index >= 15 is 0 Å². The Morgan fingerprint density at radius 1 is 1.17 bits per heavy atom. The summed E-state index contributed by atoms with van der Waals surface area (Å²) in [6.07, 6.45) is 0.0464. The van der Waals surface area contributed by atoms with Crippen LogP contribution in [0.2, 0.25) is 0 Å². The van der Waals surface area contributed by atoms with E-state index in [2.05, 4.69) is 0 Å². The van der Waals surface area contributed by atoms with E-state index in [4.69, 9.17) is 18.9 Å². The minimum atomic E-state index is -4.21. The standard InChI is InChI=1S/C24H29NO9S/c1-6-7-15-12-16(35(29,30)25-23(28)34-24(3,4)5)8-10-18(15)33-20-17(14(2)22(26)27)9-11-19-21(20)32-13-31-19/h8-12,14H,6-7,13H2,1-5H3,(H,25,28)(H,26,27). The molecular weight excluding hydrogens is 478 g/mol. The Morgan fingerprint density at radius 2 is 1.89 bits per heavy atom. The van der Waals surface area contributed by atoms with Crippen LogP contribution in [-0.4, -0.2) is 38.0 Å². The molecular formula is C24H29NO9S. The maximum Gasteiger partial charge on any atom is 0.421 e. The van der Waals surface area contributed by atoms with Crippen molar-refractivity contribution in [2.45, 2.75) is 63.9 Å². The number of hydrogen-bond donors (Lipinski definition) is 2. The number of amides is 1. The second-order valence-corrected chi connectivity index (χ2v) is 10.7. The highest BCUT2D eigenvalue weighted by Gasteiger charge is 2.29. The van der Waals surface area contributed by atoms with Gasteiger partial charge in [-0.15, -0.1) is 0 Å². The molecule has 1 atom stereocenters. The van der Waals surface area contributed by atoms with Crippen LogP contribution in [0.4, 0.5) is 4.79 Å². The van der Waals surface area contributed by atoms with Gasteiger partial charge in [0.05, 0.1) is 10.8 Å². The Kier molecular flexibility index (Phi) is 7.49. The zero-order valence-electron chi connectivity index (χ0n) is 20.2. The van der Waals surface area contributed by atoms with Gasteiger partial charge in [0.2, 0.25) is 12.5 Å². The first-order valence-corrected chi connectivity index (χ1v) is 12.5. The molecule has 1 aliphatic rings. The number of carbonyl (C=O) groups is 2. The Morgan fingerprint density at radius 3 is 2.51 bits per heavy atom. The number of aryl methyl sites for hydroxylation is 1. The van der Waals surface area contributed by atoms with Crippen LogP contribution in [-0.2, 0) is 26.0 Å². The number of carboxylic acid groups (broad SMARTS) is 1. The third kappa shape index (κ3) is 6.16. The van der Waals surface area contributed by atoms with Crippen molar-refractivity contribution in [2.75, 3.05) is 6.79 Å². The summed E-state index contributed by atoms with van der Waals surface area (Å²) in [5.41, 5.74) is 0.0643. The fourth-order valence-electron chi connectivity index (χ4n) is 3.41. The summed E-state index contributed by atoms with van der Waals surface area (Å²) < 4.78 is 49.6. The molecule has 11 heteroatoms. The van der Waals surface area contributed by atoms with E-state index in [0.29, 0.717) is 35.5 Å². The number of fused-ring (bicyclic) bond motifs is 1. The molecule has 0 spiro atoms. The van der Waals surface area contributed by atoms with Crippen molar-refractivity contribution < 1.29 is 42.1 Å². The van der Waals surface area contributed by atoms with Gasteiger partial charge in [0.25, 0.3) is 10.0 Å². The van der Waals surface area contributed by atoms with Crippen LogP contribution in [0.15, 0.2) is 35.2 Å². The van der Waals surface area contributed by atoms with Crippen molar-refractivity contribution in [3.05, 3.63) is 41.5 Å². The average Bonchev–Trinajstić information content (AvgIpc) is 3.22. The number of sulfonamides is 1. The number of ether oxygens (including phenoxy) is 4. The van der Waals surface area contributed by atoms with E-state index in [1.54, 1.807) is 32.9 Å². The van der Waals surface area contributed by atoms with Crippen molar-refractivity contribution >= 4 is 22.1 Å². The molecule has 2 N–H and O–H groups in total. The lowest BCUT2D eigenvalue weighted by atomic mass is 9.99. The van der Waals surface area contributed by atoms with Crippen LogP contribution < -0.4 is 18.9 Å². The van der Waals surface area contributed by atoms with Gasteiger partial charge >= 0.3 is 12.1 Å². The zero-order chi connectivity index (χ0) is 26.0. The van der Waals surface area contributed by atoms with E-state index in [0.717, 1.165) is 0 Å². The third-order valence-corrected chi connectivity index (χ3v) is 6.36. The summed E-state index contributed by atoms with van der Waals surface area (Å²) in [7, 11) is -4.21. The van der Waals surface area contributed by atoms with Crippen molar-refractivity contribution in [3.8, 4) is 23.0 Å². The monoisotopic (exact) mass is 507 g/mol. The molecule has 1 heterocycles. The normalized spacial score (nSPS) is 13.7. The molecule has 0 radical (unpaired) electrons. The van der Waals surface area contributed by atoms with E-state index in [1.807, 2.05) is 11.6 Å². The van der Waals surface area contributed by atoms with Gasteiger partial charge in [0.1, 0.15) is 11.4 Å². The van der Waals surface area contributed by atoms with E-state index in [9.17, 15) is 23.1 Å². The maximum absolute atomic E-state index is 12.8. The summed E-state index contributed by atoms with van der Waals surface area (Å²) in [6, 6.07) is 7.38. The molecule has 2 aromatic rings. The van der Waals surface area contributed by atoms with Gasteiger partial charge in [0.15, 0.2) is 11.5 Å². The van der Waals surface area contributed by atoms with E-state index < -0.39 is 33.6 Å². The number of nitrogens with one attached hydrogen (secondary N) is 1. The molecule has 0 aromatic heterocycles. The van der Waals surface area contributed by atoms with Crippen LogP contribution in [0.5, 0.6) is 23.0 Å². The summed E-state index contributed by atoms with van der Waals surface area (Å²) >= 11 is 0. The number of hydrogen-bond acceptors (Lipinski definition) is 8. The van der Waals surface area contributed by atoms with Gasteiger partial charge in [0, 0.05) is 5.56 Å². The molecule has 0 saturated heterocycles. The Hall–Kier alpha value is -3.47. The molecule has 3 rings (SSSR count). The summed E-state index contributed by atoms with van der Waals surface area (Å²) in [5, 5.41) is 9.54. The fraction of sp³-hybridized carbons (Fsp3) is 0.417. The van der Waals surface area contributed by atoms with Gasteiger partial charge in [-0.3, -0.25) is 4.79 Å². The lowest BCUT2D eigenvalue weighted by Crippen LogP contribution is -2.36. The number of aliphatic carboxylic acids is 1. The largest absolute Gasteiger partial charge is 0.481 e. The highest BCUT2D eigenvalue weighted by Crippen LogP contribution is 2.47. The Labute approximate surface area is 204 Å². The molecule has 10 nitrogen and oxygen atoms in total. The first-order chi connectivity index (χ1) is 16.3. The van der Waals surface area contributed by atoms with Crippen molar-refractivity contribution in [1.82, 2.24) is 4.72 Å². The van der Waals surface area contributed by atoms with E-state index in [1.165, 1.54) is 25.1 Å². The molecule has 0 saturated carbocycles. The Balaban J connectivity index is 1.99. The quantitative estimate of drug-likeness (QED) is 0.526. The van der Waals surface area contributed by atoms with Crippen LogP contribution in [0.3, 0.4) is 0 Å². The lowest BCUT2D eigenvalue weighted by molar-refractivity contribution is -0.138. The maximum atomic E-state index is 12.8. The van der Waals surface area contributed by atoms with Crippen LogP contribution >= 0.6 is 0 Å². The molecule has 1 amide bonds. The second-order valence-electron chi connectivity index (χ2n) is 9.01. The predicted molar refractivity (Wildman–Crippen MR) is 126 cm³/mol. The number of rotatable bonds is 8. The van der Waals surface area contributed by atoms with Crippen LogP contribution in [0, 0.1) is 0 Å². The molecule has 190 valence electrons. The fourth-order valence-corrected chi connectivity index (χ4v) is 4.33. The summed E-state index contributed by atoms with van der Waals surface area (Å²) in [5.74, 6) is -0.731. The van der Waals surface area contributed by atoms with Crippen LogP contribution in [0.1, 0.15) is 58.1 Å². The number of carboxylic acids is 1. The van der Waals surface area contributed by atoms with E-state index in [-0.39, 0.29) is 23.2 Å². The molecule has 0 aliphatic carbocycles. The lowest BCUT2D eigenvalue weighted by Gasteiger charge is -2.20. The van der Waals surface area contributed by atoms with Gasteiger partial charge in [-0.2, -0.15) is 0 Å². The minimum Gasteiger partial charge on any atom is -0.481 e. The molecule has 0 bridgehead atoms. The average molecular weight is 508 g/mol. The van der Waals surface area contributed by atoms with Gasteiger partial charge in [-0.1, -0.05) is 19.4 Å². The topological polar surface area (TPSA) is 137 Å². The molecule has 35 heavy (non-hydrogen) atoms. The van der Waals surface area contributed by atoms with Crippen molar-refractivity contribution in [1.29, 1.82) is 0 Å². The van der Waals surface area contributed by atoms with Gasteiger partial charge in [-0.25, -0.2) is 17.9 Å². The Bertz CT molecular complexity index is 1230. The SMILES string of the molecule is CCCc1cc(S(=O)(=O)NC(=O)OC(C)(C)C)ccc1Oc1c(C(C)C(=O)O)ccc2c1OCO2. The molecule has 0 fully saturated rings. The predicted octanol–water partition coefficient (Wildman–Crippen LogP) is 4.56. The molecule has 1 aliphatic heterocycles. The first-order valence-electron chi connectivity index (χ1n) is 11.0. The first kappa shape index (κ1) is 26.1. The highest BCUT2D eigenvalue weighted by molar-refractivity contribution is 7.90. The smallest absolute Gasteiger partial charge is 0.421 e. The summed E-state index contributed by atoms with van der Waals surface area (Å²) in [4.78, 5) is 23.5. The van der Waals surface area contributed by atoms with Gasteiger partial charge < -0.3 is 24.1 Å². The zero-order valence-corrected chi connectivity index (χ0v) is 21.0. The number of benzene rings is 2.